The third-order valence-corrected chi connectivity index (χ3v) is 6.39. The van der Waals surface area contributed by atoms with Crippen molar-refractivity contribution in [1.82, 2.24) is 15.1 Å². The molecule has 1 saturated heterocycles. The first kappa shape index (κ1) is 19.4. The summed E-state index contributed by atoms with van der Waals surface area (Å²) in [5, 5.41) is 6.82. The standard InChI is InChI=1S/C22H27N5O2/c1-14(28)27-8-6-15(7-9-27)10-19-20(29)22(2,26-21(19)23)18-5-3-4-16(11-18)17-12-24-25-13-17/h3-5,11-13,15,19H,6-10H2,1-2H3,(H2,23,26)(H,24,25). The van der Waals surface area contributed by atoms with Crippen LogP contribution < -0.4 is 5.73 Å². The van der Waals surface area contributed by atoms with Crippen LogP contribution in [0.2, 0.25) is 0 Å². The molecular weight excluding hydrogens is 366 g/mol. The summed E-state index contributed by atoms with van der Waals surface area (Å²) in [6.45, 7) is 4.97. The number of nitrogens with one attached hydrogen (secondary N) is 1. The van der Waals surface area contributed by atoms with Gasteiger partial charge in [-0.2, -0.15) is 5.10 Å². The fraction of sp³-hybridized carbons (Fsp3) is 0.455. The van der Waals surface area contributed by atoms with Gasteiger partial charge in [0.25, 0.3) is 0 Å². The van der Waals surface area contributed by atoms with Crippen molar-refractivity contribution in [2.75, 3.05) is 13.1 Å². The number of carbonyl (C=O) groups excluding carboxylic acids is 2. The molecule has 4 rings (SSSR count). The van der Waals surface area contributed by atoms with Gasteiger partial charge in [0.05, 0.1) is 12.1 Å². The molecule has 0 radical (unpaired) electrons. The number of hydrogen-bond acceptors (Lipinski definition) is 5. The largest absolute Gasteiger partial charge is 0.387 e. The van der Waals surface area contributed by atoms with E-state index in [4.69, 9.17) is 5.73 Å². The summed E-state index contributed by atoms with van der Waals surface area (Å²) in [5.74, 6) is 0.638. The quantitative estimate of drug-likeness (QED) is 0.833. The lowest BCUT2D eigenvalue weighted by atomic mass is 9.79. The number of H-pyrrole nitrogens is 1. The number of amides is 1. The molecule has 0 spiro atoms. The molecule has 0 aliphatic carbocycles. The summed E-state index contributed by atoms with van der Waals surface area (Å²) < 4.78 is 0. The number of aliphatic imine (C=N–C) groups is 1. The van der Waals surface area contributed by atoms with Crippen LogP contribution in [0.1, 0.15) is 38.7 Å². The molecule has 1 aromatic heterocycles. The molecule has 2 aliphatic rings. The Hall–Kier alpha value is -2.96. The number of benzene rings is 1. The molecule has 3 heterocycles. The van der Waals surface area contributed by atoms with E-state index >= 15 is 0 Å². The van der Waals surface area contributed by atoms with E-state index < -0.39 is 5.54 Å². The van der Waals surface area contributed by atoms with Crippen LogP contribution in [0.15, 0.2) is 41.7 Å². The number of ketones is 1. The Labute approximate surface area is 170 Å². The number of amidine groups is 1. The van der Waals surface area contributed by atoms with Crippen LogP contribution in [0, 0.1) is 11.8 Å². The van der Waals surface area contributed by atoms with Gasteiger partial charge in [0.2, 0.25) is 5.91 Å². The van der Waals surface area contributed by atoms with Crippen molar-refractivity contribution < 1.29 is 9.59 Å². The second-order valence-corrected chi connectivity index (χ2v) is 8.28. The molecule has 0 saturated carbocycles. The number of carbonyl (C=O) groups is 2. The second-order valence-electron chi connectivity index (χ2n) is 8.28. The van der Waals surface area contributed by atoms with E-state index in [0.29, 0.717) is 18.2 Å². The number of Topliss-reactive ketones (excluding diaryl/α,β-unsaturated/α-hetero) is 1. The number of likely N-dealkylation sites (tertiary alicyclic amines) is 1. The summed E-state index contributed by atoms with van der Waals surface area (Å²) in [7, 11) is 0. The van der Waals surface area contributed by atoms with Crippen molar-refractivity contribution in [3.63, 3.8) is 0 Å². The average molecular weight is 393 g/mol. The van der Waals surface area contributed by atoms with E-state index in [0.717, 1.165) is 42.6 Å². The first-order chi connectivity index (χ1) is 13.9. The maximum Gasteiger partial charge on any atom is 0.219 e. The summed E-state index contributed by atoms with van der Waals surface area (Å²) in [5.41, 5.74) is 8.09. The molecule has 3 N–H and O–H groups in total. The second kappa shape index (κ2) is 7.46. The molecule has 2 unspecified atom stereocenters. The zero-order chi connectivity index (χ0) is 20.6. The van der Waals surface area contributed by atoms with Gasteiger partial charge in [-0.3, -0.25) is 19.7 Å². The number of aromatic nitrogens is 2. The Morgan fingerprint density at radius 1 is 1.31 bits per heavy atom. The topological polar surface area (TPSA) is 104 Å². The fourth-order valence-corrected chi connectivity index (χ4v) is 4.53. The molecule has 152 valence electrons. The minimum absolute atomic E-state index is 0.0633. The zero-order valence-electron chi connectivity index (χ0n) is 16.9. The van der Waals surface area contributed by atoms with Crippen LogP contribution in [-0.4, -0.2) is 45.7 Å². The predicted octanol–water partition coefficient (Wildman–Crippen LogP) is 2.50. The maximum atomic E-state index is 13.4. The number of rotatable bonds is 4. The SMILES string of the molecule is CC(=O)N1CCC(CC2C(=O)C(C)(c3cccc(-c4cn[nH]c4)c3)N=C2N)CC1. The van der Waals surface area contributed by atoms with Gasteiger partial charge >= 0.3 is 0 Å². The lowest BCUT2D eigenvalue weighted by Gasteiger charge is -2.32. The number of nitrogens with two attached hydrogens (primary N) is 1. The molecule has 1 amide bonds. The molecule has 2 atom stereocenters. The van der Waals surface area contributed by atoms with E-state index in [-0.39, 0.29) is 17.6 Å². The van der Waals surface area contributed by atoms with Gasteiger partial charge < -0.3 is 10.6 Å². The molecule has 7 nitrogen and oxygen atoms in total. The first-order valence-electron chi connectivity index (χ1n) is 10.1. The van der Waals surface area contributed by atoms with Crippen molar-refractivity contribution in [3.8, 4) is 11.1 Å². The van der Waals surface area contributed by atoms with Gasteiger partial charge in [0, 0.05) is 31.8 Å². The summed E-state index contributed by atoms with van der Waals surface area (Å²) in [6, 6.07) is 7.86. The maximum absolute atomic E-state index is 13.4. The van der Waals surface area contributed by atoms with Crippen molar-refractivity contribution in [2.45, 2.75) is 38.6 Å². The molecule has 2 aliphatic heterocycles. The van der Waals surface area contributed by atoms with Crippen LogP contribution in [0.5, 0.6) is 0 Å². The Balaban J connectivity index is 1.51. The number of nitrogens with zero attached hydrogens (tertiary/aromatic N) is 3. The van der Waals surface area contributed by atoms with Gasteiger partial charge in [-0.05, 0) is 49.3 Å². The average Bonchev–Trinajstić information content (AvgIpc) is 3.33. The Kier molecular flexibility index (Phi) is 4.98. The van der Waals surface area contributed by atoms with E-state index in [9.17, 15) is 9.59 Å². The summed E-state index contributed by atoms with van der Waals surface area (Å²) in [6.07, 6.45) is 6.10. The lowest BCUT2D eigenvalue weighted by Crippen LogP contribution is -2.39. The summed E-state index contributed by atoms with van der Waals surface area (Å²) >= 11 is 0. The number of aromatic amines is 1. The van der Waals surface area contributed by atoms with E-state index in [2.05, 4.69) is 15.2 Å². The minimum Gasteiger partial charge on any atom is -0.387 e. The monoisotopic (exact) mass is 393 g/mol. The molecule has 29 heavy (non-hydrogen) atoms. The molecule has 7 heteroatoms. The highest BCUT2D eigenvalue weighted by atomic mass is 16.2. The van der Waals surface area contributed by atoms with Gasteiger partial charge in [0.1, 0.15) is 11.4 Å². The first-order valence-corrected chi connectivity index (χ1v) is 10.1. The van der Waals surface area contributed by atoms with Gasteiger partial charge in [0.15, 0.2) is 5.78 Å². The van der Waals surface area contributed by atoms with E-state index in [1.54, 1.807) is 13.1 Å². The molecular formula is C22H27N5O2. The predicted molar refractivity (Wildman–Crippen MR) is 111 cm³/mol. The van der Waals surface area contributed by atoms with Gasteiger partial charge in [-0.25, -0.2) is 0 Å². The molecule has 0 bridgehead atoms. The van der Waals surface area contributed by atoms with Crippen LogP contribution in [0.4, 0.5) is 0 Å². The highest BCUT2D eigenvalue weighted by Crippen LogP contribution is 2.39. The Morgan fingerprint density at radius 3 is 2.72 bits per heavy atom. The molecule has 2 aromatic rings. The van der Waals surface area contributed by atoms with Crippen molar-refractivity contribution >= 4 is 17.5 Å². The normalized spacial score (nSPS) is 25.3. The number of hydrogen-bond donors (Lipinski definition) is 2. The molecule has 1 aromatic carbocycles. The Bertz CT molecular complexity index is 944. The fourth-order valence-electron chi connectivity index (χ4n) is 4.53. The van der Waals surface area contributed by atoms with Crippen LogP contribution in [0.25, 0.3) is 11.1 Å². The van der Waals surface area contributed by atoms with Crippen molar-refractivity contribution in [1.29, 1.82) is 0 Å². The van der Waals surface area contributed by atoms with Gasteiger partial charge in [-0.1, -0.05) is 18.2 Å². The molecule has 1 fully saturated rings. The zero-order valence-corrected chi connectivity index (χ0v) is 16.9. The van der Waals surface area contributed by atoms with Crippen LogP contribution >= 0.6 is 0 Å². The third kappa shape index (κ3) is 3.57. The number of piperidine rings is 1. The van der Waals surface area contributed by atoms with Crippen molar-refractivity contribution in [2.24, 2.45) is 22.6 Å². The van der Waals surface area contributed by atoms with Crippen molar-refractivity contribution in [3.05, 3.63) is 42.2 Å². The van der Waals surface area contributed by atoms with E-state index in [1.165, 1.54) is 0 Å². The smallest absolute Gasteiger partial charge is 0.219 e. The van der Waals surface area contributed by atoms with Crippen LogP contribution in [0.3, 0.4) is 0 Å². The lowest BCUT2D eigenvalue weighted by molar-refractivity contribution is -0.130. The van der Waals surface area contributed by atoms with Crippen LogP contribution in [-0.2, 0) is 15.1 Å². The van der Waals surface area contributed by atoms with E-state index in [1.807, 2.05) is 42.3 Å². The highest BCUT2D eigenvalue weighted by molar-refractivity contribution is 6.13. The highest BCUT2D eigenvalue weighted by Gasteiger charge is 2.47. The minimum atomic E-state index is -0.964. The third-order valence-electron chi connectivity index (χ3n) is 6.39. The summed E-state index contributed by atoms with van der Waals surface area (Å²) in [4.78, 5) is 31.5. The Morgan fingerprint density at radius 2 is 2.07 bits per heavy atom. The van der Waals surface area contributed by atoms with Gasteiger partial charge in [-0.15, -0.1) is 0 Å².